The van der Waals surface area contributed by atoms with Gasteiger partial charge in [0.15, 0.2) is 0 Å². The average Bonchev–Trinajstić information content (AvgIpc) is 1.62. The molecule has 5 amide bonds. The molecule has 3 saturated heterocycles. The second kappa shape index (κ2) is 32.7. The standard InChI is InChI=1S/C77H99F5N10O10S4/c1-49(51-16-18-52(19-17-51)66-50(2)84-48-104-66)85-70(97)63-39-58(93)43-92(63)71(98)67(73(3,4)5)87-65(94)15-11-12-31-83-68(95)54-27-32-89(33-28-54)34-29-56(44-103-59-13-9-8-10-14-59)86-62-25-24-60(40-64(62)105(99,100)77(80,81)82)106(101,102)88-69(96)53-20-22-57(23-21-53)91-37-35-90(36-38-91)42-55-26-30-74(6,7)41-61(55)75-45-76(46-75,47-75)72(78)79/h8-10,13-14,16-25,40,48-49,54,56,58,63,67,72,86,93H,11-12,15,26-39,41-47H2,1-7H3,(H,83,95)(H,85,97)(H,87,94)(H,88,96)/t49-,56+,58+,63-,67+,75?,76?/m0/s1. The molecule has 1 aromatic heterocycles. The van der Waals surface area contributed by atoms with Crippen LogP contribution in [0.3, 0.4) is 0 Å². The van der Waals surface area contributed by atoms with Gasteiger partial charge in [-0.2, -0.15) is 13.2 Å². The number of anilines is 2. The number of halogens is 5. The summed E-state index contributed by atoms with van der Waals surface area (Å²) in [5, 5.41) is 22.7. The van der Waals surface area contributed by atoms with Crippen LogP contribution in [0.4, 0.5) is 33.3 Å². The molecule has 3 saturated carbocycles. The number of β-amino-alcohol motifs (C(OH)–C–C–N with tert-alkyl or cyclic N) is 1. The second-order valence-corrected chi connectivity index (χ2v) is 37.3. The van der Waals surface area contributed by atoms with Gasteiger partial charge in [-0.1, -0.05) is 88.2 Å². The first-order chi connectivity index (χ1) is 50.0. The normalized spacial score (nSPS) is 22.6. The molecule has 0 spiro atoms. The van der Waals surface area contributed by atoms with Crippen molar-refractivity contribution in [2.24, 2.45) is 27.6 Å². The Morgan fingerprint density at radius 2 is 1.50 bits per heavy atom. The highest BCUT2D eigenvalue weighted by molar-refractivity contribution is 7.99. The number of allylic oxidation sites excluding steroid dienone is 1. The Balaban J connectivity index is 0.641. The Kier molecular flexibility index (Phi) is 24.6. The molecule has 6 fully saturated rings. The molecule has 2 bridgehead atoms. The van der Waals surface area contributed by atoms with Gasteiger partial charge < -0.3 is 41.1 Å². The number of nitrogens with zero attached hydrogens (tertiary/aromatic N) is 5. The predicted octanol–water partition coefficient (Wildman–Crippen LogP) is 11.9. The van der Waals surface area contributed by atoms with Crippen molar-refractivity contribution < 1.29 is 67.9 Å². The molecule has 0 unspecified atom stereocenters. The van der Waals surface area contributed by atoms with E-state index >= 15 is 0 Å². The number of carbonyl (C=O) groups excluding carboxylic acids is 5. The highest BCUT2D eigenvalue weighted by Crippen LogP contribution is 2.79. The SMILES string of the molecule is Cc1ncsc1-c1ccc([C@H](C)NC(=O)[C@@H]2C[C@@H](O)CN2C(=O)[C@@H](NC(=O)CCCCNC(=O)C2CCN(CC[C@H](CSc3ccccc3)Nc3ccc(S(=O)(=O)NC(=O)c4ccc(N5CCN(CC6=C(C78CC(C(F)F)(C7)C8)CC(C)(C)CC6)CC5)cc4)cc3S(=O)(=O)C(F)(F)F)CC2)C(C)(C)C)cc1. The van der Waals surface area contributed by atoms with Crippen LogP contribution in [0.5, 0.6) is 0 Å². The molecule has 7 aliphatic rings. The van der Waals surface area contributed by atoms with E-state index in [2.05, 4.69) is 54.8 Å². The molecule has 5 aromatic rings. The summed E-state index contributed by atoms with van der Waals surface area (Å²) in [6.45, 7) is 19.0. The summed E-state index contributed by atoms with van der Waals surface area (Å²) in [6, 6.07) is 22.5. The van der Waals surface area contributed by atoms with Gasteiger partial charge in [0.25, 0.3) is 25.8 Å². The van der Waals surface area contributed by atoms with Gasteiger partial charge >= 0.3 is 5.51 Å². The number of aliphatic hydroxyl groups is 1. The Hall–Kier alpha value is -7.02. The summed E-state index contributed by atoms with van der Waals surface area (Å²) in [7, 11) is -11.2. The number of piperazine rings is 1. The van der Waals surface area contributed by atoms with Crippen molar-refractivity contribution in [3.8, 4) is 10.4 Å². The zero-order valence-corrected chi connectivity index (χ0v) is 64.5. The van der Waals surface area contributed by atoms with Crippen LogP contribution < -0.4 is 30.9 Å². The Bertz CT molecular complexity index is 4240. The lowest BCUT2D eigenvalue weighted by molar-refractivity contribution is -0.250. The number of alkyl halides is 5. The number of benzene rings is 4. The molecule has 3 aliphatic heterocycles. The molecule has 576 valence electrons. The van der Waals surface area contributed by atoms with Gasteiger partial charge in [0.05, 0.1) is 38.8 Å². The number of thioether (sulfide) groups is 1. The van der Waals surface area contributed by atoms with Gasteiger partial charge in [-0.3, -0.25) is 28.9 Å². The fraction of sp³-hybridized carbons (Fsp3) is 0.558. The summed E-state index contributed by atoms with van der Waals surface area (Å²) >= 11 is 2.93. The molecule has 6 N–H and O–H groups in total. The molecule has 5 atom stereocenters. The van der Waals surface area contributed by atoms with Gasteiger partial charge in [-0.25, -0.2) is 35.3 Å². The second-order valence-electron chi connectivity index (χ2n) is 31.7. The molecule has 4 aromatic carbocycles. The van der Waals surface area contributed by atoms with E-state index in [9.17, 15) is 67.9 Å². The fourth-order valence-corrected chi connectivity index (χ4v) is 19.9. The van der Waals surface area contributed by atoms with E-state index in [0.29, 0.717) is 96.7 Å². The van der Waals surface area contributed by atoms with Crippen LogP contribution in [0.15, 0.2) is 128 Å². The van der Waals surface area contributed by atoms with E-state index in [0.717, 1.165) is 83.3 Å². The van der Waals surface area contributed by atoms with Crippen molar-refractivity contribution in [2.45, 2.75) is 189 Å². The lowest BCUT2D eigenvalue weighted by atomic mass is 9.32. The lowest BCUT2D eigenvalue weighted by Gasteiger charge is -2.72. The largest absolute Gasteiger partial charge is 0.501 e. The van der Waals surface area contributed by atoms with Gasteiger partial charge in [0, 0.05) is 104 Å². The first-order valence-corrected chi connectivity index (χ1v) is 41.5. The van der Waals surface area contributed by atoms with E-state index < -0.39 is 106 Å². The third-order valence-corrected chi connectivity index (χ3v) is 27.2. The van der Waals surface area contributed by atoms with Crippen molar-refractivity contribution in [1.29, 1.82) is 0 Å². The van der Waals surface area contributed by atoms with Crippen molar-refractivity contribution in [3.05, 3.63) is 131 Å². The Morgan fingerprint density at radius 3 is 2.13 bits per heavy atom. The number of unbranched alkanes of at least 4 members (excludes halogenated alkanes) is 1. The zero-order chi connectivity index (χ0) is 76.3. The van der Waals surface area contributed by atoms with Crippen molar-refractivity contribution in [1.82, 2.24) is 40.4 Å². The number of hydrogen-bond acceptors (Lipinski definition) is 17. The van der Waals surface area contributed by atoms with E-state index in [1.54, 1.807) is 29.0 Å². The van der Waals surface area contributed by atoms with Gasteiger partial charge in [-0.05, 0) is 180 Å². The zero-order valence-electron chi connectivity index (χ0n) is 61.2. The molecule has 4 aliphatic carbocycles. The molecule has 12 rings (SSSR count). The number of likely N-dealkylation sites (tertiary alicyclic amines) is 2. The van der Waals surface area contributed by atoms with Crippen molar-refractivity contribution in [3.63, 3.8) is 0 Å². The molecule has 29 heteroatoms. The van der Waals surface area contributed by atoms with E-state index in [1.165, 1.54) is 39.9 Å². The third kappa shape index (κ3) is 18.6. The quantitative estimate of drug-likeness (QED) is 0.0113. The summed E-state index contributed by atoms with van der Waals surface area (Å²) in [5.74, 6) is -2.59. The minimum absolute atomic E-state index is 0.0403. The molecular formula is C77H99F5N10O10S4. The summed E-state index contributed by atoms with van der Waals surface area (Å²) < 4.78 is 128. The number of nitrogens with one attached hydrogen (secondary N) is 5. The van der Waals surface area contributed by atoms with Crippen molar-refractivity contribution in [2.75, 3.05) is 81.4 Å². The van der Waals surface area contributed by atoms with E-state index in [4.69, 9.17) is 0 Å². The number of carbonyl (C=O) groups is 5. The first kappa shape index (κ1) is 80.0. The van der Waals surface area contributed by atoms with Crippen LogP contribution in [0.25, 0.3) is 10.4 Å². The molecule has 0 radical (unpaired) electrons. The number of aryl methyl sites for hydroxylation is 1. The number of sulfonamides is 1. The maximum absolute atomic E-state index is 14.6. The smallest absolute Gasteiger partial charge is 0.391 e. The minimum atomic E-state index is -6.20. The number of thiazole rings is 1. The monoisotopic (exact) mass is 1550 g/mol. The number of sulfone groups is 1. The van der Waals surface area contributed by atoms with Crippen molar-refractivity contribution >= 4 is 83.9 Å². The van der Waals surface area contributed by atoms with Crippen LogP contribution in [-0.4, -0.2) is 179 Å². The number of rotatable bonds is 29. The van der Waals surface area contributed by atoms with Gasteiger partial charge in [-0.15, -0.1) is 23.1 Å². The fourth-order valence-electron chi connectivity index (χ4n) is 16.0. The Morgan fingerprint density at radius 1 is 0.821 bits per heavy atom. The average molecular weight is 1550 g/mol. The maximum atomic E-state index is 14.6. The first-order valence-electron chi connectivity index (χ1n) is 36.7. The van der Waals surface area contributed by atoms with E-state index in [1.807, 2.05) is 93.9 Å². The van der Waals surface area contributed by atoms with E-state index in [-0.39, 0.29) is 59.3 Å². The molecule has 106 heavy (non-hydrogen) atoms. The highest BCUT2D eigenvalue weighted by Gasteiger charge is 2.73. The number of hydrogen-bond donors (Lipinski definition) is 6. The minimum Gasteiger partial charge on any atom is -0.391 e. The maximum Gasteiger partial charge on any atom is 0.501 e. The highest BCUT2D eigenvalue weighted by atomic mass is 32.2. The number of aliphatic hydroxyl groups excluding tert-OH is 1. The summed E-state index contributed by atoms with van der Waals surface area (Å²) in [5.41, 5.74) is 0.254. The van der Waals surface area contributed by atoms with Crippen LogP contribution in [0.2, 0.25) is 0 Å². The predicted molar refractivity (Wildman–Crippen MR) is 400 cm³/mol. The van der Waals surface area contributed by atoms with Gasteiger partial charge in [0.2, 0.25) is 30.1 Å². The van der Waals surface area contributed by atoms with Crippen LogP contribution in [0, 0.1) is 34.5 Å². The van der Waals surface area contributed by atoms with Crippen LogP contribution >= 0.6 is 23.1 Å². The molecule has 20 nitrogen and oxygen atoms in total. The number of amides is 5. The molecular weight excluding hydrogens is 1450 g/mol. The number of piperidine rings is 1. The van der Waals surface area contributed by atoms with Crippen LogP contribution in [0.1, 0.15) is 153 Å². The summed E-state index contributed by atoms with van der Waals surface area (Å²) in [6.07, 6.45) is 3.69. The van der Waals surface area contributed by atoms with Crippen LogP contribution in [-0.2, 0) is 39.0 Å². The number of aromatic nitrogens is 1. The van der Waals surface area contributed by atoms with Gasteiger partial charge in [0.1, 0.15) is 17.0 Å². The lowest BCUT2D eigenvalue weighted by Crippen LogP contribution is -2.66. The topological polar surface area (TPSA) is 260 Å². The summed E-state index contributed by atoms with van der Waals surface area (Å²) in [4.78, 5) is 80.6. The molecule has 4 heterocycles. The Labute approximate surface area is 627 Å². The third-order valence-electron chi connectivity index (χ3n) is 22.2.